The van der Waals surface area contributed by atoms with Crippen molar-refractivity contribution in [3.05, 3.63) is 110 Å². The fourth-order valence-corrected chi connectivity index (χ4v) is 6.36. The van der Waals surface area contributed by atoms with Crippen LogP contribution in [0.1, 0.15) is 49.3 Å². The second-order valence-corrected chi connectivity index (χ2v) is 11.8. The number of rotatable bonds is 14. The van der Waals surface area contributed by atoms with Gasteiger partial charge in [-0.05, 0) is 60.2 Å². The zero-order chi connectivity index (χ0) is 32.9. The van der Waals surface area contributed by atoms with Gasteiger partial charge in [-0.3, -0.25) is 14.2 Å². The molecule has 0 atom stereocenters. The molecule has 0 bridgehead atoms. The number of nitrogens with zero attached hydrogens (tertiary/aromatic N) is 3. The standard InChI is InChI=1S/C37H39N3O5S/c1-4-7-8-11-21-39-31-15-10-9-14-28(31)18-19-29-24-27(17-20-32(29)39)13-12-16-33-35(42)40(26-34(41)44-22-5-2)36(46-33)30(25-38)37(43)45-23-6-3/h5-6,9-10,12-17,20,24H,2-4,7-8,11,18-19,21-23,26H2,1H3. The van der Waals surface area contributed by atoms with Crippen molar-refractivity contribution in [2.75, 3.05) is 24.7 Å². The van der Waals surface area contributed by atoms with Crippen LogP contribution in [0.4, 0.5) is 11.4 Å². The van der Waals surface area contributed by atoms with Crippen molar-refractivity contribution in [3.63, 3.8) is 0 Å². The Bertz CT molecular complexity index is 1840. The van der Waals surface area contributed by atoms with Gasteiger partial charge < -0.3 is 14.4 Å². The number of aromatic nitrogens is 1. The van der Waals surface area contributed by atoms with Gasteiger partial charge in [-0.1, -0.05) is 87.9 Å². The van der Waals surface area contributed by atoms with E-state index in [1.54, 1.807) is 12.2 Å². The minimum Gasteiger partial charge on any atom is -0.460 e. The Morgan fingerprint density at radius 1 is 1.00 bits per heavy atom. The van der Waals surface area contributed by atoms with Crippen molar-refractivity contribution in [2.45, 2.75) is 52.0 Å². The molecule has 2 aromatic carbocycles. The van der Waals surface area contributed by atoms with Crippen LogP contribution >= 0.6 is 11.3 Å². The minimum atomic E-state index is -0.912. The predicted molar refractivity (Wildman–Crippen MR) is 184 cm³/mol. The maximum absolute atomic E-state index is 13.4. The van der Waals surface area contributed by atoms with Crippen LogP contribution in [0.2, 0.25) is 0 Å². The highest BCUT2D eigenvalue weighted by atomic mass is 32.1. The second kappa shape index (κ2) is 16.9. The largest absolute Gasteiger partial charge is 0.460 e. The number of para-hydroxylation sites is 1. The molecule has 9 heteroatoms. The van der Waals surface area contributed by atoms with E-state index in [1.807, 2.05) is 12.1 Å². The summed E-state index contributed by atoms with van der Waals surface area (Å²) in [6.45, 7) is 9.59. The quantitative estimate of drug-likeness (QED) is 0.133. The fourth-order valence-electron chi connectivity index (χ4n) is 5.32. The summed E-state index contributed by atoms with van der Waals surface area (Å²) < 4.78 is 11.4. The average molecular weight is 638 g/mol. The summed E-state index contributed by atoms with van der Waals surface area (Å²) in [7, 11) is 0. The van der Waals surface area contributed by atoms with Crippen LogP contribution in [0.5, 0.6) is 0 Å². The Morgan fingerprint density at radius 2 is 1.74 bits per heavy atom. The van der Waals surface area contributed by atoms with Gasteiger partial charge in [0.25, 0.3) is 5.56 Å². The molecule has 3 aromatic rings. The molecule has 46 heavy (non-hydrogen) atoms. The highest BCUT2D eigenvalue weighted by molar-refractivity contribution is 7.07. The molecule has 238 valence electrons. The molecule has 0 unspecified atom stereocenters. The monoisotopic (exact) mass is 637 g/mol. The Hall–Kier alpha value is -4.94. The first-order valence-electron chi connectivity index (χ1n) is 15.5. The van der Waals surface area contributed by atoms with Crippen molar-refractivity contribution in [3.8, 4) is 6.07 Å². The molecular formula is C37H39N3O5S. The third kappa shape index (κ3) is 8.40. The van der Waals surface area contributed by atoms with E-state index < -0.39 is 24.0 Å². The fraction of sp³-hybridized carbons (Fsp3) is 0.297. The van der Waals surface area contributed by atoms with Crippen LogP contribution < -0.4 is 19.7 Å². The maximum Gasteiger partial charge on any atom is 0.352 e. The molecule has 0 amide bonds. The molecule has 1 aliphatic heterocycles. The number of anilines is 2. The number of carbonyl (C=O) groups excluding carboxylic acids is 2. The van der Waals surface area contributed by atoms with Gasteiger partial charge >= 0.3 is 11.9 Å². The van der Waals surface area contributed by atoms with Crippen molar-refractivity contribution < 1.29 is 19.1 Å². The molecule has 2 heterocycles. The first kappa shape index (κ1) is 33.9. The Morgan fingerprint density at radius 3 is 2.50 bits per heavy atom. The topological polar surface area (TPSA) is 102 Å². The van der Waals surface area contributed by atoms with Crippen molar-refractivity contribution in [1.29, 1.82) is 5.26 Å². The van der Waals surface area contributed by atoms with Crippen LogP contribution in [0.3, 0.4) is 0 Å². The van der Waals surface area contributed by atoms with E-state index >= 15 is 0 Å². The molecule has 1 aliphatic rings. The Balaban J connectivity index is 1.68. The van der Waals surface area contributed by atoms with Gasteiger partial charge in [-0.2, -0.15) is 5.26 Å². The number of esters is 2. The highest BCUT2D eigenvalue weighted by Crippen LogP contribution is 2.37. The van der Waals surface area contributed by atoms with E-state index in [4.69, 9.17) is 9.47 Å². The first-order chi connectivity index (χ1) is 22.4. The molecule has 0 saturated heterocycles. The number of carbonyl (C=O) groups is 2. The third-order valence-corrected chi connectivity index (χ3v) is 8.68. The van der Waals surface area contributed by atoms with Crippen LogP contribution in [0.25, 0.3) is 17.7 Å². The number of benzene rings is 2. The molecule has 0 fully saturated rings. The van der Waals surface area contributed by atoms with Crippen molar-refractivity contribution in [2.24, 2.45) is 0 Å². The summed E-state index contributed by atoms with van der Waals surface area (Å²) in [5.74, 6) is -1.61. The van der Waals surface area contributed by atoms with E-state index in [0.29, 0.717) is 0 Å². The van der Waals surface area contributed by atoms with Gasteiger partial charge in [0.2, 0.25) is 0 Å². The molecule has 0 saturated carbocycles. The highest BCUT2D eigenvalue weighted by Gasteiger charge is 2.21. The van der Waals surface area contributed by atoms with E-state index in [1.165, 1.54) is 53.9 Å². The van der Waals surface area contributed by atoms with Crippen molar-refractivity contribution >= 4 is 52.4 Å². The summed E-state index contributed by atoms with van der Waals surface area (Å²) in [4.78, 5) is 40.8. The Kier molecular flexibility index (Phi) is 12.5. The molecule has 0 radical (unpaired) electrons. The molecule has 0 spiro atoms. The average Bonchev–Trinajstić information content (AvgIpc) is 3.26. The number of hydrogen-bond donors (Lipinski definition) is 0. The first-order valence-corrected chi connectivity index (χ1v) is 16.3. The lowest BCUT2D eigenvalue weighted by atomic mass is 10.0. The van der Waals surface area contributed by atoms with E-state index in [9.17, 15) is 19.6 Å². The summed E-state index contributed by atoms with van der Waals surface area (Å²) in [5, 5.41) is 9.76. The molecule has 0 aliphatic carbocycles. The van der Waals surface area contributed by atoms with Crippen LogP contribution in [0, 0.1) is 11.3 Å². The molecule has 1 aromatic heterocycles. The van der Waals surface area contributed by atoms with E-state index in [0.717, 1.165) is 47.3 Å². The lowest BCUT2D eigenvalue weighted by Crippen LogP contribution is -2.36. The molecular weight excluding hydrogens is 598 g/mol. The number of unbranched alkanes of at least 4 members (excludes halogenated alkanes) is 3. The lowest BCUT2D eigenvalue weighted by Gasteiger charge is -2.27. The zero-order valence-electron chi connectivity index (χ0n) is 26.2. The zero-order valence-corrected chi connectivity index (χ0v) is 27.0. The summed E-state index contributed by atoms with van der Waals surface area (Å²) in [6, 6.07) is 16.9. The number of ether oxygens (including phenoxy) is 2. The predicted octanol–water partition coefficient (Wildman–Crippen LogP) is 5.35. The van der Waals surface area contributed by atoms with E-state index in [-0.39, 0.29) is 28.0 Å². The SMILES string of the molecule is C=CCOC(=O)Cn1c(=C(C#N)C(=O)OCC=C)sc(=CC=Cc2ccc3c(c2)CCc2ccccc2N3CCCCCC)c1=O. The van der Waals surface area contributed by atoms with Gasteiger partial charge in [0.1, 0.15) is 30.5 Å². The third-order valence-electron chi connectivity index (χ3n) is 7.53. The second-order valence-electron chi connectivity index (χ2n) is 10.8. The van der Waals surface area contributed by atoms with Gasteiger partial charge in [0.15, 0.2) is 5.57 Å². The molecule has 0 N–H and O–H groups in total. The van der Waals surface area contributed by atoms with E-state index in [2.05, 4.69) is 67.4 Å². The number of thiazole rings is 1. The summed E-state index contributed by atoms with van der Waals surface area (Å²) in [5.41, 5.74) is 5.18. The number of nitriles is 1. The summed E-state index contributed by atoms with van der Waals surface area (Å²) >= 11 is 0.934. The maximum atomic E-state index is 13.4. The smallest absolute Gasteiger partial charge is 0.352 e. The number of hydrogen-bond acceptors (Lipinski definition) is 8. The van der Waals surface area contributed by atoms with Gasteiger partial charge in [-0.15, -0.1) is 11.3 Å². The number of allylic oxidation sites excluding steroid dienone is 1. The molecule has 8 nitrogen and oxygen atoms in total. The number of fused-ring (bicyclic) bond motifs is 2. The van der Waals surface area contributed by atoms with Crippen molar-refractivity contribution in [1.82, 2.24) is 4.57 Å². The molecule has 4 rings (SSSR count). The lowest BCUT2D eigenvalue weighted by molar-refractivity contribution is -0.143. The van der Waals surface area contributed by atoms with Gasteiger partial charge in [0, 0.05) is 17.9 Å². The minimum absolute atomic E-state index is 0.0143. The Labute approximate surface area is 273 Å². The summed E-state index contributed by atoms with van der Waals surface area (Å²) in [6.07, 6.45) is 14.7. The van der Waals surface area contributed by atoms with Crippen LogP contribution in [0.15, 0.2) is 78.6 Å². The van der Waals surface area contributed by atoms with Gasteiger partial charge in [0.05, 0.1) is 4.53 Å². The van der Waals surface area contributed by atoms with Gasteiger partial charge in [-0.25, -0.2) is 4.79 Å². The van der Waals surface area contributed by atoms with Crippen LogP contribution in [-0.2, 0) is 38.4 Å². The van der Waals surface area contributed by atoms with Crippen LogP contribution in [-0.4, -0.2) is 36.3 Å². The number of aryl methyl sites for hydroxylation is 2. The normalized spacial score (nSPS) is 13.3.